The Balaban J connectivity index is 1.42. The minimum absolute atomic E-state index is 0.0151. The standard InChI is InChI=1S/C17H17N3O6/c1-20-8-4-5-11(20)17(23)25-10-15(21)18-19-16(22)14-9-24-12-6-2-3-7-13(12)26-14/h2-8,14H,9-10H2,1H3,(H,18,21)(H,19,22)/t14-/m1/s1. The second kappa shape index (κ2) is 7.60. The van der Waals surface area contributed by atoms with Gasteiger partial charge in [-0.1, -0.05) is 12.1 Å². The zero-order chi connectivity index (χ0) is 18.5. The lowest BCUT2D eigenvalue weighted by atomic mass is 10.2. The first-order valence-electron chi connectivity index (χ1n) is 7.80. The third kappa shape index (κ3) is 3.94. The number of benzene rings is 1. The van der Waals surface area contributed by atoms with Crippen LogP contribution < -0.4 is 20.3 Å². The van der Waals surface area contributed by atoms with E-state index in [1.807, 2.05) is 0 Å². The Labute approximate surface area is 148 Å². The number of aryl methyl sites for hydroxylation is 1. The lowest BCUT2D eigenvalue weighted by molar-refractivity contribution is -0.135. The maximum Gasteiger partial charge on any atom is 0.355 e. The van der Waals surface area contributed by atoms with Crippen molar-refractivity contribution in [1.29, 1.82) is 0 Å². The molecular weight excluding hydrogens is 342 g/mol. The van der Waals surface area contributed by atoms with Gasteiger partial charge in [-0.25, -0.2) is 4.79 Å². The van der Waals surface area contributed by atoms with Crippen LogP contribution in [-0.4, -0.2) is 41.7 Å². The Kier molecular flexibility index (Phi) is 5.07. The third-order valence-electron chi connectivity index (χ3n) is 3.61. The van der Waals surface area contributed by atoms with Gasteiger partial charge in [-0.3, -0.25) is 20.4 Å². The van der Waals surface area contributed by atoms with Gasteiger partial charge in [0.15, 0.2) is 18.1 Å². The van der Waals surface area contributed by atoms with E-state index < -0.39 is 30.5 Å². The fourth-order valence-electron chi connectivity index (χ4n) is 2.27. The summed E-state index contributed by atoms with van der Waals surface area (Å²) in [6, 6.07) is 10.2. The maximum atomic E-state index is 12.0. The average molecular weight is 359 g/mol. The highest BCUT2D eigenvalue weighted by molar-refractivity contribution is 5.90. The molecule has 0 aliphatic carbocycles. The van der Waals surface area contributed by atoms with Crippen LogP contribution in [0, 0.1) is 0 Å². The minimum Gasteiger partial charge on any atom is -0.485 e. The molecule has 2 N–H and O–H groups in total. The van der Waals surface area contributed by atoms with Gasteiger partial charge in [-0.15, -0.1) is 0 Å². The molecular formula is C17H17N3O6. The number of esters is 1. The van der Waals surface area contributed by atoms with Gasteiger partial charge in [-0.05, 0) is 24.3 Å². The average Bonchev–Trinajstić information content (AvgIpc) is 3.09. The van der Waals surface area contributed by atoms with Crippen LogP contribution in [0.1, 0.15) is 10.5 Å². The zero-order valence-electron chi connectivity index (χ0n) is 13.9. The van der Waals surface area contributed by atoms with Crippen LogP contribution in [0.3, 0.4) is 0 Å². The van der Waals surface area contributed by atoms with E-state index in [1.54, 1.807) is 54.2 Å². The molecule has 0 radical (unpaired) electrons. The summed E-state index contributed by atoms with van der Waals surface area (Å²) < 4.78 is 17.4. The van der Waals surface area contributed by atoms with Gasteiger partial charge >= 0.3 is 5.97 Å². The number of hydrazine groups is 1. The number of aromatic nitrogens is 1. The van der Waals surface area contributed by atoms with Crippen molar-refractivity contribution in [3.63, 3.8) is 0 Å². The number of nitrogens with one attached hydrogen (secondary N) is 2. The first-order chi connectivity index (χ1) is 12.5. The molecule has 2 aromatic rings. The van der Waals surface area contributed by atoms with E-state index in [2.05, 4.69) is 10.9 Å². The summed E-state index contributed by atoms with van der Waals surface area (Å²) in [5, 5.41) is 0. The Bertz CT molecular complexity index is 831. The lowest BCUT2D eigenvalue weighted by Crippen LogP contribution is -2.51. The van der Waals surface area contributed by atoms with E-state index in [9.17, 15) is 14.4 Å². The number of rotatable bonds is 4. The lowest BCUT2D eigenvalue weighted by Gasteiger charge is -2.25. The van der Waals surface area contributed by atoms with Gasteiger partial charge in [0.25, 0.3) is 11.8 Å². The monoisotopic (exact) mass is 359 g/mol. The van der Waals surface area contributed by atoms with E-state index in [1.165, 1.54) is 0 Å². The van der Waals surface area contributed by atoms with Crippen molar-refractivity contribution in [3.8, 4) is 11.5 Å². The predicted octanol–water partition coefficient (Wildman–Crippen LogP) is 0.169. The fourth-order valence-corrected chi connectivity index (χ4v) is 2.27. The minimum atomic E-state index is -0.906. The summed E-state index contributed by atoms with van der Waals surface area (Å²) in [5.74, 6) is -0.908. The van der Waals surface area contributed by atoms with E-state index >= 15 is 0 Å². The van der Waals surface area contributed by atoms with Crippen molar-refractivity contribution in [2.45, 2.75) is 6.10 Å². The van der Waals surface area contributed by atoms with Crippen LogP contribution in [0.4, 0.5) is 0 Å². The molecule has 0 fully saturated rings. The van der Waals surface area contributed by atoms with Crippen molar-refractivity contribution in [3.05, 3.63) is 48.3 Å². The van der Waals surface area contributed by atoms with E-state index in [0.29, 0.717) is 17.2 Å². The van der Waals surface area contributed by atoms with Gasteiger partial charge in [0.1, 0.15) is 12.3 Å². The second-order valence-corrected chi connectivity index (χ2v) is 5.48. The third-order valence-corrected chi connectivity index (χ3v) is 3.61. The molecule has 1 aliphatic rings. The molecule has 0 saturated heterocycles. The molecule has 2 heterocycles. The van der Waals surface area contributed by atoms with Crippen molar-refractivity contribution in [1.82, 2.24) is 15.4 Å². The highest BCUT2D eigenvalue weighted by Crippen LogP contribution is 2.30. The largest absolute Gasteiger partial charge is 0.485 e. The van der Waals surface area contributed by atoms with Gasteiger partial charge in [-0.2, -0.15) is 0 Å². The van der Waals surface area contributed by atoms with Crippen molar-refractivity contribution < 1.29 is 28.6 Å². The van der Waals surface area contributed by atoms with Gasteiger partial charge in [0, 0.05) is 13.2 Å². The smallest absolute Gasteiger partial charge is 0.355 e. The van der Waals surface area contributed by atoms with Crippen LogP contribution in [0.25, 0.3) is 0 Å². The molecule has 1 atom stereocenters. The van der Waals surface area contributed by atoms with E-state index in [0.717, 1.165) is 0 Å². The SMILES string of the molecule is Cn1cccc1C(=O)OCC(=O)NNC(=O)[C@H]1COc2ccccc2O1. The van der Waals surface area contributed by atoms with Gasteiger partial charge in [0.2, 0.25) is 6.10 Å². The molecule has 3 rings (SSSR count). The second-order valence-electron chi connectivity index (χ2n) is 5.48. The van der Waals surface area contributed by atoms with E-state index in [4.69, 9.17) is 14.2 Å². The summed E-state index contributed by atoms with van der Waals surface area (Å²) >= 11 is 0. The molecule has 0 bridgehead atoms. The zero-order valence-corrected chi connectivity index (χ0v) is 13.9. The first kappa shape index (κ1) is 17.3. The van der Waals surface area contributed by atoms with Crippen LogP contribution in [0.15, 0.2) is 42.6 Å². The first-order valence-corrected chi connectivity index (χ1v) is 7.80. The number of hydrogen-bond acceptors (Lipinski definition) is 6. The van der Waals surface area contributed by atoms with Crippen molar-refractivity contribution >= 4 is 17.8 Å². The molecule has 26 heavy (non-hydrogen) atoms. The predicted molar refractivity (Wildman–Crippen MR) is 88.3 cm³/mol. The Morgan fingerprint density at radius 1 is 1.15 bits per heavy atom. The molecule has 0 saturated carbocycles. The topological polar surface area (TPSA) is 108 Å². The molecule has 9 heteroatoms. The number of fused-ring (bicyclic) bond motifs is 1. The molecule has 0 unspecified atom stereocenters. The maximum absolute atomic E-state index is 12.0. The summed E-state index contributed by atoms with van der Waals surface area (Å²) in [6.07, 6.45) is 0.775. The Morgan fingerprint density at radius 2 is 1.92 bits per heavy atom. The summed E-state index contributed by atoms with van der Waals surface area (Å²) in [6.45, 7) is -0.518. The quantitative estimate of drug-likeness (QED) is 0.595. The molecule has 9 nitrogen and oxygen atoms in total. The van der Waals surface area contributed by atoms with Crippen LogP contribution in [0.2, 0.25) is 0 Å². The summed E-state index contributed by atoms with van der Waals surface area (Å²) in [7, 11) is 1.68. The Morgan fingerprint density at radius 3 is 2.65 bits per heavy atom. The number of hydrogen-bond donors (Lipinski definition) is 2. The van der Waals surface area contributed by atoms with Crippen LogP contribution >= 0.6 is 0 Å². The highest BCUT2D eigenvalue weighted by Gasteiger charge is 2.27. The molecule has 1 aromatic carbocycles. The highest BCUT2D eigenvalue weighted by atomic mass is 16.6. The van der Waals surface area contributed by atoms with Gasteiger partial charge < -0.3 is 18.8 Å². The molecule has 1 aliphatic heterocycles. The molecule has 136 valence electrons. The molecule has 1 aromatic heterocycles. The number of amides is 2. The Hall–Kier alpha value is -3.49. The number of nitrogens with zero attached hydrogens (tertiary/aromatic N) is 1. The van der Waals surface area contributed by atoms with E-state index in [-0.39, 0.29) is 6.61 Å². The number of para-hydroxylation sites is 2. The molecule has 0 spiro atoms. The fraction of sp³-hybridized carbons (Fsp3) is 0.235. The summed E-state index contributed by atoms with van der Waals surface area (Å²) in [5.41, 5.74) is 4.69. The van der Waals surface area contributed by atoms with Crippen molar-refractivity contribution in [2.24, 2.45) is 7.05 Å². The van der Waals surface area contributed by atoms with Crippen LogP contribution in [-0.2, 0) is 21.4 Å². The van der Waals surface area contributed by atoms with Crippen molar-refractivity contribution in [2.75, 3.05) is 13.2 Å². The number of carbonyl (C=O) groups is 3. The normalized spacial score (nSPS) is 15.0. The number of carbonyl (C=O) groups excluding carboxylic acids is 3. The summed E-state index contributed by atoms with van der Waals surface area (Å²) in [4.78, 5) is 35.5. The van der Waals surface area contributed by atoms with Crippen LogP contribution in [0.5, 0.6) is 11.5 Å². The van der Waals surface area contributed by atoms with Gasteiger partial charge in [0.05, 0.1) is 0 Å². The molecule has 2 amide bonds. The number of ether oxygens (including phenoxy) is 3.